The van der Waals surface area contributed by atoms with E-state index in [1.807, 2.05) is 0 Å². The molecule has 0 heterocycles. The van der Waals surface area contributed by atoms with Gasteiger partial charge in [-0.2, -0.15) is 0 Å². The van der Waals surface area contributed by atoms with Crippen LogP contribution in [0, 0.1) is 0 Å². The van der Waals surface area contributed by atoms with E-state index in [0.717, 1.165) is 19.5 Å². The van der Waals surface area contributed by atoms with Crippen molar-refractivity contribution in [1.82, 2.24) is 4.90 Å². The Kier molecular flexibility index (Phi) is 6.49. The maximum Gasteiger partial charge on any atom is 0.0558 e. The van der Waals surface area contributed by atoms with E-state index in [-0.39, 0.29) is 18.6 Å². The Bertz CT molecular complexity index is 354. The molecule has 1 aromatic carbocycles. The smallest absolute Gasteiger partial charge is 0.0558 e. The number of rotatable bonds is 7. The molecule has 1 rings (SSSR count). The maximum atomic E-state index is 9.06. The third-order valence-corrected chi connectivity index (χ3v) is 3.27. The van der Waals surface area contributed by atoms with Crippen LogP contribution in [0.4, 0.5) is 0 Å². The third-order valence-electron chi connectivity index (χ3n) is 3.27. The van der Waals surface area contributed by atoms with Gasteiger partial charge in [-0.3, -0.25) is 4.90 Å². The molecule has 0 atom stereocenters. The predicted octanol–water partition coefficient (Wildman–Crippen LogP) is 2.16. The van der Waals surface area contributed by atoms with E-state index in [1.54, 1.807) is 0 Å². The summed E-state index contributed by atoms with van der Waals surface area (Å²) in [4.78, 5) is 2.17. The van der Waals surface area contributed by atoms with Crippen LogP contribution in [0.25, 0.3) is 0 Å². The van der Waals surface area contributed by atoms with Crippen LogP contribution in [-0.2, 0) is 12.0 Å². The molecule has 0 aliphatic heterocycles. The minimum absolute atomic E-state index is 0.158. The molecule has 1 aromatic rings. The van der Waals surface area contributed by atoms with Crippen molar-refractivity contribution in [3.8, 4) is 0 Å². The normalized spacial score (nSPS) is 12.1. The molecule has 0 unspecified atom stereocenters. The van der Waals surface area contributed by atoms with Crippen molar-refractivity contribution in [2.45, 2.75) is 39.2 Å². The second-order valence-electron chi connectivity index (χ2n) is 6.02. The van der Waals surface area contributed by atoms with Crippen LogP contribution in [0.2, 0.25) is 0 Å². The van der Waals surface area contributed by atoms with Gasteiger partial charge in [-0.25, -0.2) is 0 Å². The highest BCUT2D eigenvalue weighted by molar-refractivity contribution is 5.27. The fraction of sp³-hybridized carbons (Fsp3) is 0.625. The molecule has 3 nitrogen and oxygen atoms in total. The molecule has 0 amide bonds. The average Bonchev–Trinajstić information content (AvgIpc) is 2.36. The van der Waals surface area contributed by atoms with E-state index in [0.29, 0.717) is 6.54 Å². The molecule has 0 radical (unpaired) electrons. The molecule has 0 saturated heterocycles. The van der Waals surface area contributed by atoms with Crippen molar-refractivity contribution in [1.29, 1.82) is 0 Å². The van der Waals surface area contributed by atoms with Gasteiger partial charge in [0, 0.05) is 26.2 Å². The van der Waals surface area contributed by atoms with Gasteiger partial charge in [-0.15, -0.1) is 0 Å². The fourth-order valence-corrected chi connectivity index (χ4v) is 2.07. The van der Waals surface area contributed by atoms with Gasteiger partial charge in [0.1, 0.15) is 0 Å². The average molecular weight is 265 g/mol. The monoisotopic (exact) mass is 265 g/mol. The van der Waals surface area contributed by atoms with Crippen molar-refractivity contribution < 1.29 is 10.2 Å². The number of hydrogen-bond donors (Lipinski definition) is 2. The first-order valence-electron chi connectivity index (χ1n) is 7.01. The molecule has 0 bridgehead atoms. The van der Waals surface area contributed by atoms with E-state index in [1.165, 1.54) is 11.1 Å². The van der Waals surface area contributed by atoms with Crippen LogP contribution in [0.3, 0.4) is 0 Å². The molecular formula is C16H27NO2. The van der Waals surface area contributed by atoms with Crippen LogP contribution in [0.1, 0.15) is 38.3 Å². The molecule has 19 heavy (non-hydrogen) atoms. The van der Waals surface area contributed by atoms with Gasteiger partial charge in [0.2, 0.25) is 0 Å². The van der Waals surface area contributed by atoms with Crippen LogP contribution < -0.4 is 0 Å². The molecule has 0 fully saturated rings. The highest BCUT2D eigenvalue weighted by Gasteiger charge is 2.13. The quantitative estimate of drug-likeness (QED) is 0.794. The number of aliphatic hydroxyl groups excluding tert-OH is 2. The van der Waals surface area contributed by atoms with E-state index in [2.05, 4.69) is 49.9 Å². The van der Waals surface area contributed by atoms with Crippen LogP contribution in [0.15, 0.2) is 24.3 Å². The summed E-state index contributed by atoms with van der Waals surface area (Å²) in [6, 6.07) is 8.67. The Labute approximate surface area is 116 Å². The van der Waals surface area contributed by atoms with Gasteiger partial charge in [-0.05, 0) is 23.0 Å². The van der Waals surface area contributed by atoms with Crippen molar-refractivity contribution in [3.63, 3.8) is 0 Å². The highest BCUT2D eigenvalue weighted by Crippen LogP contribution is 2.22. The van der Waals surface area contributed by atoms with Crippen molar-refractivity contribution >= 4 is 0 Å². The van der Waals surface area contributed by atoms with Gasteiger partial charge in [0.05, 0.1) is 6.61 Å². The molecule has 3 heteroatoms. The van der Waals surface area contributed by atoms with Gasteiger partial charge in [0.25, 0.3) is 0 Å². The standard InChI is InChI=1S/C16H27NO2/c1-16(2,3)15-7-5-14(6-8-15)13-17(10-12-19)9-4-11-18/h5-8,18-19H,4,9-13H2,1-3H3. The van der Waals surface area contributed by atoms with Crippen molar-refractivity contribution in [2.24, 2.45) is 0 Å². The first-order chi connectivity index (χ1) is 8.97. The van der Waals surface area contributed by atoms with E-state index >= 15 is 0 Å². The summed E-state index contributed by atoms with van der Waals surface area (Å²) in [5, 5.41) is 17.9. The van der Waals surface area contributed by atoms with Gasteiger partial charge < -0.3 is 10.2 Å². The van der Waals surface area contributed by atoms with E-state index < -0.39 is 0 Å². The largest absolute Gasteiger partial charge is 0.396 e. The lowest BCUT2D eigenvalue weighted by molar-refractivity contribution is 0.174. The van der Waals surface area contributed by atoms with E-state index in [9.17, 15) is 0 Å². The van der Waals surface area contributed by atoms with E-state index in [4.69, 9.17) is 10.2 Å². The summed E-state index contributed by atoms with van der Waals surface area (Å²) in [6.45, 7) is 9.28. The summed E-state index contributed by atoms with van der Waals surface area (Å²) < 4.78 is 0. The molecule has 0 aromatic heterocycles. The van der Waals surface area contributed by atoms with Crippen molar-refractivity contribution in [3.05, 3.63) is 35.4 Å². The van der Waals surface area contributed by atoms with Crippen LogP contribution in [0.5, 0.6) is 0 Å². The summed E-state index contributed by atoms with van der Waals surface area (Å²) in [5.41, 5.74) is 2.76. The molecular weight excluding hydrogens is 238 g/mol. The summed E-state index contributed by atoms with van der Waals surface area (Å²) in [7, 11) is 0. The molecule has 2 N–H and O–H groups in total. The zero-order chi connectivity index (χ0) is 14.3. The minimum atomic E-state index is 0.158. The second-order valence-corrected chi connectivity index (χ2v) is 6.02. The molecule has 108 valence electrons. The summed E-state index contributed by atoms with van der Waals surface area (Å²) in [5.74, 6) is 0. The predicted molar refractivity (Wildman–Crippen MR) is 79.2 cm³/mol. The number of benzene rings is 1. The first-order valence-corrected chi connectivity index (χ1v) is 7.01. The van der Waals surface area contributed by atoms with Gasteiger partial charge in [0.15, 0.2) is 0 Å². The molecule has 0 spiro atoms. The van der Waals surface area contributed by atoms with Crippen molar-refractivity contribution in [2.75, 3.05) is 26.3 Å². The Morgan fingerprint density at radius 2 is 1.58 bits per heavy atom. The third kappa shape index (κ3) is 5.72. The van der Waals surface area contributed by atoms with Gasteiger partial charge >= 0.3 is 0 Å². The highest BCUT2D eigenvalue weighted by atomic mass is 16.3. The SMILES string of the molecule is CC(C)(C)c1ccc(CN(CCO)CCCO)cc1. The lowest BCUT2D eigenvalue weighted by Gasteiger charge is -2.22. The summed E-state index contributed by atoms with van der Waals surface area (Å²) >= 11 is 0. The Balaban J connectivity index is 2.64. The Hall–Kier alpha value is -0.900. The number of aliphatic hydroxyl groups is 2. The Morgan fingerprint density at radius 1 is 0.947 bits per heavy atom. The maximum absolute atomic E-state index is 9.06. The number of hydrogen-bond acceptors (Lipinski definition) is 3. The lowest BCUT2D eigenvalue weighted by atomic mass is 9.87. The first kappa shape index (κ1) is 16.2. The lowest BCUT2D eigenvalue weighted by Crippen LogP contribution is -2.28. The van der Waals surface area contributed by atoms with Crippen LogP contribution >= 0.6 is 0 Å². The summed E-state index contributed by atoms with van der Waals surface area (Å²) in [6.07, 6.45) is 0.750. The fourth-order valence-electron chi connectivity index (χ4n) is 2.07. The minimum Gasteiger partial charge on any atom is -0.396 e. The zero-order valence-corrected chi connectivity index (χ0v) is 12.4. The Morgan fingerprint density at radius 3 is 2.05 bits per heavy atom. The topological polar surface area (TPSA) is 43.7 Å². The molecule has 0 aliphatic carbocycles. The van der Waals surface area contributed by atoms with Crippen LogP contribution in [-0.4, -0.2) is 41.4 Å². The number of nitrogens with zero attached hydrogens (tertiary/aromatic N) is 1. The molecule has 0 aliphatic rings. The second kappa shape index (κ2) is 7.63. The zero-order valence-electron chi connectivity index (χ0n) is 12.4. The van der Waals surface area contributed by atoms with Gasteiger partial charge in [-0.1, -0.05) is 45.0 Å². The molecule has 0 saturated carbocycles.